The lowest BCUT2D eigenvalue weighted by Crippen LogP contribution is -2.41. The van der Waals surface area contributed by atoms with Gasteiger partial charge in [0.1, 0.15) is 16.5 Å². The quantitative estimate of drug-likeness (QED) is 0.737. The molecule has 2 saturated heterocycles. The number of hydrogen-bond donors (Lipinski definition) is 1. The summed E-state index contributed by atoms with van der Waals surface area (Å²) in [7, 11) is -4.02. The Labute approximate surface area is 180 Å². The Kier molecular flexibility index (Phi) is 6.44. The monoisotopic (exact) mass is 449 g/mol. The fraction of sp³-hybridized carbons (Fsp3) is 0.450. The molecule has 9 nitrogen and oxygen atoms in total. The number of halogens is 1. The van der Waals surface area contributed by atoms with Gasteiger partial charge in [-0.3, -0.25) is 9.78 Å². The number of morpholine rings is 1. The number of nitrogens with one attached hydrogen (secondary N) is 1. The maximum Gasteiger partial charge on any atom is 0.246 e. The predicted octanol–water partition coefficient (Wildman–Crippen LogP) is 1.49. The second-order valence-electron chi connectivity index (χ2n) is 7.50. The Morgan fingerprint density at radius 1 is 1.19 bits per heavy atom. The smallest absolute Gasteiger partial charge is 0.246 e. The van der Waals surface area contributed by atoms with Crippen LogP contribution >= 0.6 is 0 Å². The number of benzene rings is 1. The highest BCUT2D eigenvalue weighted by molar-refractivity contribution is 7.89. The highest BCUT2D eigenvalue weighted by atomic mass is 32.2. The number of nitrogens with zero attached hydrogens (tertiary/aromatic N) is 4. The number of rotatable bonds is 5. The lowest BCUT2D eigenvalue weighted by Gasteiger charge is -2.32. The number of hydrogen-bond acceptors (Lipinski definition) is 7. The molecular formula is C20H24FN5O4S. The van der Waals surface area contributed by atoms with Crippen molar-refractivity contribution < 1.29 is 22.3 Å². The molecule has 4 rings (SSSR count). The second-order valence-corrected chi connectivity index (χ2v) is 9.41. The Bertz CT molecular complexity index is 1030. The molecule has 1 unspecified atom stereocenters. The van der Waals surface area contributed by atoms with E-state index in [-0.39, 0.29) is 43.8 Å². The molecular weight excluding hydrogens is 425 g/mol. The highest BCUT2D eigenvalue weighted by Crippen LogP contribution is 2.26. The molecule has 1 amide bonds. The van der Waals surface area contributed by atoms with Crippen LogP contribution in [0.5, 0.6) is 0 Å². The van der Waals surface area contributed by atoms with Gasteiger partial charge in [0.15, 0.2) is 0 Å². The van der Waals surface area contributed by atoms with Crippen LogP contribution in [0.1, 0.15) is 12.8 Å². The van der Waals surface area contributed by atoms with Gasteiger partial charge in [0.25, 0.3) is 0 Å². The molecule has 0 bridgehead atoms. The van der Waals surface area contributed by atoms with Crippen LogP contribution in [0.4, 0.5) is 15.9 Å². The molecule has 166 valence electrons. The fourth-order valence-corrected chi connectivity index (χ4v) is 5.30. The van der Waals surface area contributed by atoms with Crippen molar-refractivity contribution in [1.29, 1.82) is 0 Å². The van der Waals surface area contributed by atoms with Crippen molar-refractivity contribution in [2.75, 3.05) is 49.6 Å². The standard InChI is InChI=1S/C20H24FN5O4S/c21-17-4-3-16(12-18(17)31(28,29)26-8-10-30-11-9-26)24-20(27)15-2-1-7-25(14-15)19-13-22-5-6-23-19/h3-6,12-13,15H,1-2,7-11,14H2,(H,24,27). The van der Waals surface area contributed by atoms with Gasteiger partial charge in [0.05, 0.1) is 25.3 Å². The Morgan fingerprint density at radius 2 is 2.00 bits per heavy atom. The molecule has 0 radical (unpaired) electrons. The summed E-state index contributed by atoms with van der Waals surface area (Å²) in [5.41, 5.74) is 0.245. The third-order valence-electron chi connectivity index (χ3n) is 5.45. The molecule has 2 aliphatic heterocycles. The van der Waals surface area contributed by atoms with Crippen molar-refractivity contribution in [2.45, 2.75) is 17.7 Å². The summed E-state index contributed by atoms with van der Waals surface area (Å²) in [5.74, 6) is -0.688. The third kappa shape index (κ3) is 4.83. The molecule has 2 aliphatic rings. The second kappa shape index (κ2) is 9.25. The number of carbonyl (C=O) groups excluding carboxylic acids is 1. The zero-order valence-electron chi connectivity index (χ0n) is 16.9. The van der Waals surface area contributed by atoms with Crippen molar-refractivity contribution in [3.63, 3.8) is 0 Å². The number of aromatic nitrogens is 2. The molecule has 11 heteroatoms. The van der Waals surface area contributed by atoms with Crippen LogP contribution in [0.15, 0.2) is 41.7 Å². The number of anilines is 2. The first-order valence-electron chi connectivity index (χ1n) is 10.1. The predicted molar refractivity (Wildman–Crippen MR) is 112 cm³/mol. The average molecular weight is 450 g/mol. The minimum atomic E-state index is -4.02. The lowest BCUT2D eigenvalue weighted by molar-refractivity contribution is -0.120. The molecule has 2 aromatic rings. The highest BCUT2D eigenvalue weighted by Gasteiger charge is 2.30. The lowest BCUT2D eigenvalue weighted by atomic mass is 9.97. The Morgan fingerprint density at radius 3 is 2.74 bits per heavy atom. The van der Waals surface area contributed by atoms with E-state index in [2.05, 4.69) is 15.3 Å². The molecule has 3 heterocycles. The minimum Gasteiger partial charge on any atom is -0.379 e. The maximum atomic E-state index is 14.4. The molecule has 0 spiro atoms. The molecule has 1 aromatic carbocycles. The summed E-state index contributed by atoms with van der Waals surface area (Å²) in [6, 6.07) is 3.62. The number of carbonyl (C=O) groups is 1. The molecule has 0 saturated carbocycles. The summed E-state index contributed by atoms with van der Waals surface area (Å²) in [6.45, 7) is 2.12. The van der Waals surface area contributed by atoms with E-state index in [0.717, 1.165) is 19.0 Å². The average Bonchev–Trinajstić information content (AvgIpc) is 2.81. The van der Waals surface area contributed by atoms with Gasteiger partial charge in [-0.1, -0.05) is 0 Å². The van der Waals surface area contributed by atoms with E-state index in [1.807, 2.05) is 4.90 Å². The molecule has 1 aromatic heterocycles. The molecule has 1 N–H and O–H groups in total. The summed E-state index contributed by atoms with van der Waals surface area (Å²) < 4.78 is 46.4. The first kappa shape index (κ1) is 21.6. The van der Waals surface area contributed by atoms with E-state index in [4.69, 9.17) is 4.74 Å². The molecule has 2 fully saturated rings. The van der Waals surface area contributed by atoms with E-state index >= 15 is 0 Å². The van der Waals surface area contributed by atoms with Gasteiger partial charge >= 0.3 is 0 Å². The van der Waals surface area contributed by atoms with Crippen molar-refractivity contribution in [3.8, 4) is 0 Å². The number of amides is 1. The fourth-order valence-electron chi connectivity index (χ4n) is 3.80. The minimum absolute atomic E-state index is 0.165. The van der Waals surface area contributed by atoms with Gasteiger partial charge in [0, 0.05) is 44.3 Å². The number of ether oxygens (including phenoxy) is 1. The first-order valence-corrected chi connectivity index (χ1v) is 11.6. The first-order chi connectivity index (χ1) is 14.9. The third-order valence-corrected chi connectivity index (χ3v) is 7.37. The number of piperidine rings is 1. The van der Waals surface area contributed by atoms with Crippen LogP contribution in [0.2, 0.25) is 0 Å². The summed E-state index contributed by atoms with van der Waals surface area (Å²) in [5, 5.41) is 2.75. The van der Waals surface area contributed by atoms with Crippen molar-refractivity contribution in [2.24, 2.45) is 5.92 Å². The Balaban J connectivity index is 1.48. The van der Waals surface area contributed by atoms with Crippen LogP contribution in [-0.4, -0.2) is 68.0 Å². The maximum absolute atomic E-state index is 14.4. The van der Waals surface area contributed by atoms with Crippen LogP contribution in [0.3, 0.4) is 0 Å². The van der Waals surface area contributed by atoms with Crippen LogP contribution in [0, 0.1) is 11.7 Å². The van der Waals surface area contributed by atoms with Crippen LogP contribution < -0.4 is 10.2 Å². The van der Waals surface area contributed by atoms with Gasteiger partial charge < -0.3 is 15.0 Å². The zero-order chi connectivity index (χ0) is 21.8. The summed E-state index contributed by atoms with van der Waals surface area (Å²) in [4.78, 5) is 22.8. The zero-order valence-corrected chi connectivity index (χ0v) is 17.7. The van der Waals surface area contributed by atoms with Crippen LogP contribution in [-0.2, 0) is 19.6 Å². The van der Waals surface area contributed by atoms with E-state index in [0.29, 0.717) is 18.8 Å². The van der Waals surface area contributed by atoms with E-state index in [1.165, 1.54) is 16.4 Å². The van der Waals surface area contributed by atoms with E-state index in [1.54, 1.807) is 18.6 Å². The topological polar surface area (TPSA) is 105 Å². The van der Waals surface area contributed by atoms with Gasteiger partial charge in [-0.15, -0.1) is 0 Å². The molecule has 0 aliphatic carbocycles. The van der Waals surface area contributed by atoms with Crippen molar-refractivity contribution in [3.05, 3.63) is 42.6 Å². The van der Waals surface area contributed by atoms with E-state index < -0.39 is 20.7 Å². The summed E-state index contributed by atoms with van der Waals surface area (Å²) in [6.07, 6.45) is 6.36. The van der Waals surface area contributed by atoms with Gasteiger partial charge in [-0.05, 0) is 31.0 Å². The largest absolute Gasteiger partial charge is 0.379 e. The van der Waals surface area contributed by atoms with Crippen molar-refractivity contribution >= 4 is 27.4 Å². The summed E-state index contributed by atoms with van der Waals surface area (Å²) >= 11 is 0. The number of sulfonamides is 1. The van der Waals surface area contributed by atoms with Gasteiger partial charge in [-0.2, -0.15) is 4.31 Å². The molecule has 31 heavy (non-hydrogen) atoms. The SMILES string of the molecule is O=C(Nc1ccc(F)c(S(=O)(=O)N2CCOCC2)c1)C1CCCN(c2cnccn2)C1. The van der Waals surface area contributed by atoms with Crippen LogP contribution in [0.25, 0.3) is 0 Å². The Hall–Kier alpha value is -2.63. The van der Waals surface area contributed by atoms with Gasteiger partial charge in [0.2, 0.25) is 15.9 Å². The van der Waals surface area contributed by atoms with Gasteiger partial charge in [-0.25, -0.2) is 17.8 Å². The van der Waals surface area contributed by atoms with E-state index in [9.17, 15) is 17.6 Å². The normalized spacial score (nSPS) is 20.4. The molecule has 1 atom stereocenters. The van der Waals surface area contributed by atoms with Crippen molar-refractivity contribution in [1.82, 2.24) is 14.3 Å².